The van der Waals surface area contributed by atoms with Crippen molar-refractivity contribution in [2.24, 2.45) is 0 Å². The second-order valence-corrected chi connectivity index (χ2v) is 7.39. The average Bonchev–Trinajstić information content (AvgIpc) is 2.37. The molecule has 0 unspecified atom stereocenters. The molecule has 0 bridgehead atoms. The third-order valence-corrected chi connectivity index (χ3v) is 3.62. The van der Waals surface area contributed by atoms with E-state index < -0.39 is 0 Å². The molecule has 0 aromatic heterocycles. The number of benzene rings is 1. The van der Waals surface area contributed by atoms with E-state index in [0.717, 1.165) is 16.8 Å². The Morgan fingerprint density at radius 3 is 2.30 bits per heavy atom. The number of aryl methyl sites for hydroxylation is 1. The molecule has 1 rings (SSSR count). The molecule has 0 atom stereocenters. The smallest absolute Gasteiger partial charge is 0.223 e. The quantitative estimate of drug-likeness (QED) is 0.898. The normalized spacial score (nSPS) is 11.5. The van der Waals surface area contributed by atoms with Crippen LogP contribution in [0.4, 0.5) is 5.69 Å². The van der Waals surface area contributed by atoms with Gasteiger partial charge in [0, 0.05) is 31.1 Å². The van der Waals surface area contributed by atoms with Crippen molar-refractivity contribution in [3.63, 3.8) is 0 Å². The minimum Gasteiger partial charge on any atom is -0.351 e. The van der Waals surface area contributed by atoms with Crippen LogP contribution in [0.5, 0.6) is 0 Å². The summed E-state index contributed by atoms with van der Waals surface area (Å²) in [5.74, 6) is 0.239. The van der Waals surface area contributed by atoms with Gasteiger partial charge >= 0.3 is 0 Å². The topological polar surface area (TPSA) is 49.4 Å². The van der Waals surface area contributed by atoms with Crippen molar-refractivity contribution in [1.82, 2.24) is 5.32 Å². The van der Waals surface area contributed by atoms with Crippen molar-refractivity contribution < 1.29 is 9.59 Å². The number of nitrogens with zero attached hydrogens (tertiary/aromatic N) is 1. The molecule has 23 heavy (non-hydrogen) atoms. The third-order valence-electron chi connectivity index (χ3n) is 3.62. The van der Waals surface area contributed by atoms with Gasteiger partial charge in [0.15, 0.2) is 0 Å². The monoisotopic (exact) mass is 318 g/mol. The largest absolute Gasteiger partial charge is 0.351 e. The van der Waals surface area contributed by atoms with Crippen molar-refractivity contribution in [2.45, 2.75) is 66.3 Å². The van der Waals surface area contributed by atoms with E-state index in [0.29, 0.717) is 18.9 Å². The molecule has 1 aromatic carbocycles. The van der Waals surface area contributed by atoms with Gasteiger partial charge in [-0.3, -0.25) is 9.59 Å². The van der Waals surface area contributed by atoms with Gasteiger partial charge in [-0.2, -0.15) is 0 Å². The predicted molar refractivity (Wildman–Crippen MR) is 95.8 cm³/mol. The minimum atomic E-state index is -0.260. The molecule has 0 heterocycles. The molecule has 0 saturated heterocycles. The molecule has 128 valence electrons. The number of amides is 2. The second-order valence-electron chi connectivity index (χ2n) is 7.39. The summed E-state index contributed by atoms with van der Waals surface area (Å²) in [5.41, 5.74) is 2.88. The van der Waals surface area contributed by atoms with Gasteiger partial charge in [0.2, 0.25) is 11.8 Å². The Hall–Kier alpha value is -1.84. The molecule has 0 aliphatic rings. The van der Waals surface area contributed by atoms with Crippen LogP contribution in [-0.4, -0.2) is 23.9 Å². The van der Waals surface area contributed by atoms with Gasteiger partial charge in [-0.05, 0) is 44.7 Å². The van der Waals surface area contributed by atoms with Gasteiger partial charge in [-0.25, -0.2) is 0 Å². The van der Waals surface area contributed by atoms with Crippen LogP contribution in [0.1, 0.15) is 65.0 Å². The first kappa shape index (κ1) is 19.2. The summed E-state index contributed by atoms with van der Waals surface area (Å²) >= 11 is 0. The second kappa shape index (κ2) is 7.62. The van der Waals surface area contributed by atoms with E-state index in [-0.39, 0.29) is 17.4 Å². The zero-order chi connectivity index (χ0) is 17.8. The molecule has 0 aliphatic carbocycles. The van der Waals surface area contributed by atoms with Crippen molar-refractivity contribution in [3.8, 4) is 0 Å². The molecule has 0 radical (unpaired) electrons. The Balaban J connectivity index is 3.01. The van der Waals surface area contributed by atoms with E-state index in [4.69, 9.17) is 0 Å². The number of anilines is 1. The molecule has 2 amide bonds. The van der Waals surface area contributed by atoms with Crippen LogP contribution in [0.3, 0.4) is 0 Å². The highest BCUT2D eigenvalue weighted by Crippen LogP contribution is 2.31. The van der Waals surface area contributed by atoms with E-state index in [1.165, 1.54) is 0 Å². The Morgan fingerprint density at radius 2 is 1.83 bits per heavy atom. The van der Waals surface area contributed by atoms with Crippen LogP contribution in [0.2, 0.25) is 0 Å². The Morgan fingerprint density at radius 1 is 1.22 bits per heavy atom. The van der Waals surface area contributed by atoms with Gasteiger partial charge < -0.3 is 10.2 Å². The first-order valence-corrected chi connectivity index (χ1v) is 8.21. The van der Waals surface area contributed by atoms with Crippen molar-refractivity contribution in [1.29, 1.82) is 0 Å². The maximum atomic E-state index is 12.2. The van der Waals surface area contributed by atoms with Crippen LogP contribution >= 0.6 is 0 Å². The summed E-state index contributed by atoms with van der Waals surface area (Å²) in [7, 11) is 0. The zero-order valence-corrected chi connectivity index (χ0v) is 15.5. The fraction of sp³-hybridized carbons (Fsp3) is 0.579. The molecule has 0 saturated carbocycles. The maximum Gasteiger partial charge on any atom is 0.223 e. The highest BCUT2D eigenvalue weighted by molar-refractivity contribution is 5.94. The number of hydrogen-bond acceptors (Lipinski definition) is 2. The number of para-hydroxylation sites is 1. The lowest BCUT2D eigenvalue weighted by Crippen LogP contribution is -2.42. The fourth-order valence-corrected chi connectivity index (χ4v) is 2.64. The minimum absolute atomic E-state index is 0.0373. The fourth-order valence-electron chi connectivity index (χ4n) is 2.64. The molecular weight excluding hydrogens is 288 g/mol. The molecule has 0 spiro atoms. The standard InChI is InChI=1S/C19H30N2O2/c1-13(2)16-10-8-9-14(3)18(16)21(15(4)22)12-11-17(23)20-19(5,6)7/h8-10,13H,11-12H2,1-7H3,(H,20,23). The summed E-state index contributed by atoms with van der Waals surface area (Å²) in [6.45, 7) is 14.0. The van der Waals surface area contributed by atoms with Gasteiger partial charge in [0.1, 0.15) is 0 Å². The van der Waals surface area contributed by atoms with Crippen molar-refractivity contribution in [3.05, 3.63) is 29.3 Å². The molecule has 4 nitrogen and oxygen atoms in total. The Bertz CT molecular complexity index is 571. The van der Waals surface area contributed by atoms with Crippen LogP contribution in [0.15, 0.2) is 18.2 Å². The van der Waals surface area contributed by atoms with E-state index in [2.05, 4.69) is 25.2 Å². The summed E-state index contributed by atoms with van der Waals surface area (Å²) in [6, 6.07) is 6.07. The lowest BCUT2D eigenvalue weighted by atomic mass is 9.97. The van der Waals surface area contributed by atoms with Gasteiger partial charge in [-0.15, -0.1) is 0 Å². The maximum absolute atomic E-state index is 12.2. The summed E-state index contributed by atoms with van der Waals surface area (Å²) in [4.78, 5) is 26.0. The number of rotatable bonds is 5. The first-order chi connectivity index (χ1) is 10.5. The average molecular weight is 318 g/mol. The molecule has 0 aliphatic heterocycles. The van der Waals surface area contributed by atoms with E-state index in [1.807, 2.05) is 39.8 Å². The van der Waals surface area contributed by atoms with Gasteiger partial charge in [0.25, 0.3) is 0 Å². The zero-order valence-electron chi connectivity index (χ0n) is 15.5. The van der Waals surface area contributed by atoms with E-state index in [9.17, 15) is 9.59 Å². The van der Waals surface area contributed by atoms with Crippen molar-refractivity contribution >= 4 is 17.5 Å². The number of carbonyl (C=O) groups is 2. The predicted octanol–water partition coefficient (Wildman–Crippen LogP) is 3.78. The van der Waals surface area contributed by atoms with E-state index in [1.54, 1.807) is 11.8 Å². The lowest BCUT2D eigenvalue weighted by molar-refractivity contribution is -0.122. The highest BCUT2D eigenvalue weighted by atomic mass is 16.2. The van der Waals surface area contributed by atoms with Crippen LogP contribution in [-0.2, 0) is 9.59 Å². The molecule has 1 N–H and O–H groups in total. The summed E-state index contributed by atoms with van der Waals surface area (Å²) in [6.07, 6.45) is 0.294. The lowest BCUT2D eigenvalue weighted by Gasteiger charge is -2.28. The molecule has 4 heteroatoms. The van der Waals surface area contributed by atoms with Crippen LogP contribution in [0.25, 0.3) is 0 Å². The van der Waals surface area contributed by atoms with Crippen LogP contribution < -0.4 is 10.2 Å². The first-order valence-electron chi connectivity index (χ1n) is 8.21. The van der Waals surface area contributed by atoms with Crippen LogP contribution in [0, 0.1) is 6.92 Å². The number of nitrogens with one attached hydrogen (secondary N) is 1. The van der Waals surface area contributed by atoms with Gasteiger partial charge in [-0.1, -0.05) is 32.0 Å². The summed E-state index contributed by atoms with van der Waals surface area (Å²) in [5, 5.41) is 2.94. The SMILES string of the molecule is CC(=O)N(CCC(=O)NC(C)(C)C)c1c(C)cccc1C(C)C. The number of hydrogen-bond donors (Lipinski definition) is 1. The van der Waals surface area contributed by atoms with Crippen molar-refractivity contribution in [2.75, 3.05) is 11.4 Å². The Kier molecular flexibility index (Phi) is 6.37. The number of carbonyl (C=O) groups excluding carboxylic acids is 2. The third kappa shape index (κ3) is 5.70. The molecule has 1 aromatic rings. The summed E-state index contributed by atoms with van der Waals surface area (Å²) < 4.78 is 0. The molecular formula is C19H30N2O2. The Labute approximate surface area is 140 Å². The van der Waals surface area contributed by atoms with Gasteiger partial charge in [0.05, 0.1) is 0 Å². The molecule has 0 fully saturated rings. The van der Waals surface area contributed by atoms with E-state index >= 15 is 0 Å². The highest BCUT2D eigenvalue weighted by Gasteiger charge is 2.21.